The van der Waals surface area contributed by atoms with E-state index in [1.807, 2.05) is 13.0 Å². The van der Waals surface area contributed by atoms with Gasteiger partial charge in [0, 0.05) is 12.3 Å². The zero-order valence-corrected chi connectivity index (χ0v) is 14.1. The highest BCUT2D eigenvalue weighted by molar-refractivity contribution is 6.07. The van der Waals surface area contributed by atoms with E-state index in [1.165, 1.54) is 15.4 Å². The maximum absolute atomic E-state index is 12.8. The van der Waals surface area contributed by atoms with Crippen LogP contribution in [-0.2, 0) is 11.3 Å². The molecular formula is C18H20N4O3. The highest BCUT2D eigenvalue weighted by Gasteiger charge is 2.51. The van der Waals surface area contributed by atoms with Crippen molar-refractivity contribution in [2.24, 2.45) is 0 Å². The Morgan fingerprint density at radius 1 is 1.20 bits per heavy atom. The van der Waals surface area contributed by atoms with Crippen LogP contribution >= 0.6 is 0 Å². The highest BCUT2D eigenvalue weighted by Crippen LogP contribution is 2.34. The van der Waals surface area contributed by atoms with Crippen molar-refractivity contribution in [1.82, 2.24) is 19.6 Å². The predicted octanol–water partition coefficient (Wildman–Crippen LogP) is 1.76. The molecule has 4 rings (SSSR count). The van der Waals surface area contributed by atoms with Crippen molar-refractivity contribution >= 4 is 17.6 Å². The van der Waals surface area contributed by atoms with Crippen molar-refractivity contribution in [3.63, 3.8) is 0 Å². The molecule has 1 aliphatic carbocycles. The van der Waals surface area contributed by atoms with Crippen molar-refractivity contribution in [1.29, 1.82) is 0 Å². The summed E-state index contributed by atoms with van der Waals surface area (Å²) in [4.78, 5) is 43.2. The molecule has 2 fully saturated rings. The maximum atomic E-state index is 12.8. The number of pyridine rings is 1. The summed E-state index contributed by atoms with van der Waals surface area (Å²) in [5.74, 6) is -0.191. The summed E-state index contributed by atoms with van der Waals surface area (Å²) >= 11 is 0. The number of hydrogen-bond acceptors (Lipinski definition) is 4. The fraction of sp³-hybridized carbons (Fsp3) is 0.444. The summed E-state index contributed by atoms with van der Waals surface area (Å²) < 4.78 is 1.47. The molecule has 1 spiro atoms. The third-order valence-electron chi connectivity index (χ3n) is 5.21. The summed E-state index contributed by atoms with van der Waals surface area (Å²) in [6.45, 7) is 1.89. The van der Waals surface area contributed by atoms with E-state index < -0.39 is 11.6 Å². The second kappa shape index (κ2) is 5.68. The van der Waals surface area contributed by atoms with E-state index in [9.17, 15) is 14.4 Å². The number of urea groups is 1. The van der Waals surface area contributed by atoms with Gasteiger partial charge in [0.2, 0.25) is 0 Å². The average molecular weight is 340 g/mol. The standard InChI is InChI=1S/C18H20N4O3/c1-12-6-5-9-21-14(23)10-13(19-15(12)21)11-22-16(24)18(20-17(22)25)7-3-2-4-8-18/h5-6,9-10H,2-4,7-8,11H2,1H3,(H,20,25). The molecule has 2 aromatic heterocycles. The number of amides is 3. The van der Waals surface area contributed by atoms with Crippen molar-refractivity contribution in [2.75, 3.05) is 0 Å². The monoisotopic (exact) mass is 340 g/mol. The lowest BCUT2D eigenvalue weighted by Crippen LogP contribution is -2.48. The zero-order valence-electron chi connectivity index (χ0n) is 14.1. The molecule has 0 radical (unpaired) electrons. The third kappa shape index (κ3) is 2.50. The molecule has 1 aliphatic heterocycles. The molecular weight excluding hydrogens is 320 g/mol. The number of rotatable bonds is 2. The number of aromatic nitrogens is 2. The number of carbonyl (C=O) groups is 2. The van der Waals surface area contributed by atoms with Gasteiger partial charge in [0.25, 0.3) is 11.5 Å². The lowest BCUT2D eigenvalue weighted by Gasteiger charge is -2.30. The number of fused-ring (bicyclic) bond motifs is 1. The second-order valence-corrected chi connectivity index (χ2v) is 6.93. The lowest BCUT2D eigenvalue weighted by molar-refractivity contribution is -0.132. The van der Waals surface area contributed by atoms with Gasteiger partial charge in [-0.25, -0.2) is 9.78 Å². The molecule has 130 valence electrons. The SMILES string of the molecule is Cc1cccn2c(=O)cc(CN3C(=O)NC4(CCCCC4)C3=O)nc12. The quantitative estimate of drug-likeness (QED) is 0.844. The van der Waals surface area contributed by atoms with Crippen LogP contribution in [0.15, 0.2) is 29.2 Å². The van der Waals surface area contributed by atoms with Gasteiger partial charge in [-0.3, -0.25) is 18.9 Å². The lowest BCUT2D eigenvalue weighted by atomic mass is 9.82. The number of aryl methyl sites for hydroxylation is 1. The molecule has 0 atom stereocenters. The minimum Gasteiger partial charge on any atom is -0.323 e. The van der Waals surface area contributed by atoms with Gasteiger partial charge in [-0.1, -0.05) is 25.3 Å². The van der Waals surface area contributed by atoms with Crippen LogP contribution in [0.2, 0.25) is 0 Å². The summed E-state index contributed by atoms with van der Waals surface area (Å²) in [7, 11) is 0. The predicted molar refractivity (Wildman–Crippen MR) is 91.1 cm³/mol. The van der Waals surface area contributed by atoms with Crippen LogP contribution in [0.4, 0.5) is 4.79 Å². The Morgan fingerprint density at radius 2 is 1.96 bits per heavy atom. The highest BCUT2D eigenvalue weighted by atomic mass is 16.2. The number of imide groups is 1. The smallest absolute Gasteiger partial charge is 0.323 e. The maximum Gasteiger partial charge on any atom is 0.325 e. The Labute approximate surface area is 144 Å². The van der Waals surface area contributed by atoms with E-state index in [4.69, 9.17) is 0 Å². The van der Waals surface area contributed by atoms with Crippen LogP contribution in [0, 0.1) is 6.92 Å². The van der Waals surface area contributed by atoms with E-state index in [0.717, 1.165) is 24.8 Å². The van der Waals surface area contributed by atoms with Gasteiger partial charge in [-0.15, -0.1) is 0 Å². The summed E-state index contributed by atoms with van der Waals surface area (Å²) in [6, 6.07) is 4.66. The molecule has 1 N–H and O–H groups in total. The van der Waals surface area contributed by atoms with Crippen LogP contribution in [0.1, 0.15) is 43.4 Å². The number of nitrogens with one attached hydrogen (secondary N) is 1. The van der Waals surface area contributed by atoms with Gasteiger partial charge in [0.05, 0.1) is 12.2 Å². The topological polar surface area (TPSA) is 83.8 Å². The van der Waals surface area contributed by atoms with Gasteiger partial charge >= 0.3 is 6.03 Å². The second-order valence-electron chi connectivity index (χ2n) is 6.93. The van der Waals surface area contributed by atoms with E-state index in [2.05, 4.69) is 10.3 Å². The Morgan fingerprint density at radius 3 is 2.72 bits per heavy atom. The van der Waals surface area contributed by atoms with Gasteiger partial charge in [0.15, 0.2) is 0 Å². The molecule has 2 aliphatic rings. The summed E-state index contributed by atoms with van der Waals surface area (Å²) in [5, 5.41) is 2.88. The molecule has 2 aromatic rings. The Hall–Kier alpha value is -2.70. The molecule has 1 saturated heterocycles. The molecule has 7 nitrogen and oxygen atoms in total. The molecule has 1 saturated carbocycles. The van der Waals surface area contributed by atoms with E-state index in [-0.39, 0.29) is 18.0 Å². The van der Waals surface area contributed by atoms with Crippen LogP contribution < -0.4 is 10.9 Å². The fourth-order valence-electron chi connectivity index (χ4n) is 3.87. The minimum absolute atomic E-state index is 0.0203. The van der Waals surface area contributed by atoms with Crippen LogP contribution in [0.25, 0.3) is 5.65 Å². The molecule has 0 unspecified atom stereocenters. The zero-order chi connectivity index (χ0) is 17.6. The van der Waals surface area contributed by atoms with Crippen LogP contribution in [-0.4, -0.2) is 31.8 Å². The van der Waals surface area contributed by atoms with Crippen LogP contribution in [0.3, 0.4) is 0 Å². The van der Waals surface area contributed by atoms with Crippen molar-refractivity contribution < 1.29 is 9.59 Å². The molecule has 0 bridgehead atoms. The van der Waals surface area contributed by atoms with Crippen molar-refractivity contribution in [3.8, 4) is 0 Å². The average Bonchev–Trinajstić information content (AvgIpc) is 2.81. The summed E-state index contributed by atoms with van der Waals surface area (Å²) in [6.07, 6.45) is 5.99. The first-order valence-corrected chi connectivity index (χ1v) is 8.62. The molecule has 3 heterocycles. The van der Waals surface area contributed by atoms with Gasteiger partial charge in [-0.05, 0) is 31.4 Å². The molecule has 0 aromatic carbocycles. The molecule has 3 amide bonds. The number of hydrogen-bond donors (Lipinski definition) is 1. The van der Waals surface area contributed by atoms with E-state index >= 15 is 0 Å². The molecule has 7 heteroatoms. The minimum atomic E-state index is -0.753. The molecule has 25 heavy (non-hydrogen) atoms. The van der Waals surface area contributed by atoms with E-state index in [1.54, 1.807) is 12.3 Å². The third-order valence-corrected chi connectivity index (χ3v) is 5.21. The first-order chi connectivity index (χ1) is 12.0. The largest absolute Gasteiger partial charge is 0.325 e. The number of nitrogens with zero attached hydrogens (tertiary/aromatic N) is 3. The van der Waals surface area contributed by atoms with Crippen LogP contribution in [0.5, 0.6) is 0 Å². The Kier molecular flexibility index (Phi) is 3.59. The van der Waals surface area contributed by atoms with Gasteiger partial charge < -0.3 is 5.32 Å². The Balaban J connectivity index is 1.67. The first kappa shape index (κ1) is 15.8. The normalized spacial score (nSPS) is 19.6. The van der Waals surface area contributed by atoms with Gasteiger partial charge in [0.1, 0.15) is 11.2 Å². The van der Waals surface area contributed by atoms with Gasteiger partial charge in [-0.2, -0.15) is 0 Å². The summed E-state index contributed by atoms with van der Waals surface area (Å²) in [5.41, 5.74) is 0.863. The van der Waals surface area contributed by atoms with E-state index in [0.29, 0.717) is 24.2 Å². The first-order valence-electron chi connectivity index (χ1n) is 8.62. The fourth-order valence-corrected chi connectivity index (χ4v) is 3.87. The Bertz CT molecular complexity index is 928. The number of carbonyl (C=O) groups excluding carboxylic acids is 2. The van der Waals surface area contributed by atoms with Crippen molar-refractivity contribution in [3.05, 3.63) is 46.0 Å². The van der Waals surface area contributed by atoms with Crippen molar-refractivity contribution in [2.45, 2.75) is 51.1 Å².